The fourth-order valence-corrected chi connectivity index (χ4v) is 4.48. The first kappa shape index (κ1) is 25.9. The first-order valence-electron chi connectivity index (χ1n) is 12.8. The minimum atomic E-state index is -0.484. The lowest BCUT2D eigenvalue weighted by Gasteiger charge is -2.36. The second-order valence-corrected chi connectivity index (χ2v) is 9.11. The second-order valence-electron chi connectivity index (χ2n) is 9.11. The maximum atomic E-state index is 14.2. The lowest BCUT2D eigenvalue weighted by Crippen LogP contribution is -2.47. The van der Waals surface area contributed by atoms with E-state index in [1.54, 1.807) is 6.20 Å². The largest absolute Gasteiger partial charge is 0.395 e. The quantitative estimate of drug-likeness (QED) is 0.410. The Morgan fingerprint density at radius 3 is 2.55 bits per heavy atom. The summed E-state index contributed by atoms with van der Waals surface area (Å²) < 4.78 is 19.5. The zero-order valence-electron chi connectivity index (χ0n) is 21.2. The summed E-state index contributed by atoms with van der Waals surface area (Å²) in [6, 6.07) is 12.2. The molecule has 0 unspecified atom stereocenters. The minimum absolute atomic E-state index is 0.112. The van der Waals surface area contributed by atoms with Crippen molar-refractivity contribution in [3.05, 3.63) is 60.3 Å². The van der Waals surface area contributed by atoms with E-state index in [1.807, 2.05) is 29.2 Å². The number of azo groups is 1. The van der Waals surface area contributed by atoms with Crippen LogP contribution in [0.3, 0.4) is 0 Å². The molecule has 0 radical (unpaired) electrons. The number of anilines is 4. The molecule has 2 saturated heterocycles. The predicted octanol–water partition coefficient (Wildman–Crippen LogP) is 2.99. The van der Waals surface area contributed by atoms with E-state index in [4.69, 9.17) is 9.84 Å². The van der Waals surface area contributed by atoms with Crippen LogP contribution in [0.4, 0.5) is 33.2 Å². The number of hydrogen-bond acceptors (Lipinski definition) is 11. The highest BCUT2D eigenvalue weighted by Gasteiger charge is 2.18. The first-order valence-corrected chi connectivity index (χ1v) is 12.8. The smallest absolute Gasteiger partial charge is 0.270 e. The number of β-amino-alcohol motifs (C(OH)–C–C–N with tert-alkyl or cyclic N) is 1. The van der Waals surface area contributed by atoms with Crippen LogP contribution >= 0.6 is 0 Å². The van der Waals surface area contributed by atoms with Crippen LogP contribution in [0.15, 0.2) is 59.0 Å². The van der Waals surface area contributed by atoms with E-state index < -0.39 is 5.82 Å². The highest BCUT2D eigenvalue weighted by molar-refractivity contribution is 5.64. The Morgan fingerprint density at radius 1 is 0.947 bits per heavy atom. The molecule has 0 aliphatic carbocycles. The van der Waals surface area contributed by atoms with Gasteiger partial charge in [0.1, 0.15) is 6.54 Å². The molecule has 2 N–H and O–H groups in total. The molecular weight excluding hydrogens is 489 g/mol. The van der Waals surface area contributed by atoms with Gasteiger partial charge in [-0.15, -0.1) is 5.11 Å². The van der Waals surface area contributed by atoms with Crippen molar-refractivity contribution in [1.82, 2.24) is 19.9 Å². The van der Waals surface area contributed by atoms with E-state index in [1.165, 1.54) is 5.69 Å². The molecule has 38 heavy (non-hydrogen) atoms. The molecule has 200 valence electrons. The molecule has 2 aliphatic rings. The molecular formula is C26H32FN9O2. The normalized spacial score (nSPS) is 16.8. The second kappa shape index (κ2) is 12.7. The number of rotatable bonds is 9. The van der Waals surface area contributed by atoms with Gasteiger partial charge >= 0.3 is 0 Å². The lowest BCUT2D eigenvalue weighted by molar-refractivity contribution is 0.122. The number of ether oxygens (including phenoxy) is 1. The van der Waals surface area contributed by atoms with Crippen LogP contribution in [-0.4, -0.2) is 90.6 Å². The van der Waals surface area contributed by atoms with Crippen LogP contribution in [0.25, 0.3) is 0 Å². The zero-order chi connectivity index (χ0) is 26.2. The van der Waals surface area contributed by atoms with Crippen LogP contribution < -0.4 is 15.1 Å². The number of piperazine rings is 1. The third kappa shape index (κ3) is 6.77. The van der Waals surface area contributed by atoms with Gasteiger partial charge in [0.2, 0.25) is 0 Å². The van der Waals surface area contributed by atoms with E-state index in [0.717, 1.165) is 56.0 Å². The molecule has 11 nitrogen and oxygen atoms in total. The Bertz CT molecular complexity index is 1210. The Morgan fingerprint density at radius 2 is 1.79 bits per heavy atom. The number of aromatic nitrogens is 3. The molecule has 12 heteroatoms. The van der Waals surface area contributed by atoms with E-state index >= 15 is 0 Å². The Balaban J connectivity index is 1.15. The summed E-state index contributed by atoms with van der Waals surface area (Å²) in [5.74, 6) is -0.151. The highest BCUT2D eigenvalue weighted by Crippen LogP contribution is 2.24. The summed E-state index contributed by atoms with van der Waals surface area (Å²) in [5, 5.41) is 20.8. The third-order valence-corrected chi connectivity index (χ3v) is 6.53. The molecule has 2 aromatic heterocycles. The van der Waals surface area contributed by atoms with Crippen molar-refractivity contribution in [2.24, 2.45) is 10.2 Å². The number of benzene rings is 1. The zero-order valence-corrected chi connectivity index (χ0v) is 21.2. The third-order valence-electron chi connectivity index (χ3n) is 6.53. The SMILES string of the molecule is OCCN1CCN(c2cccc(Nc3ccc(CN=Nc4ncc(F)c(N5CCOCC5)n4)nc3)c2)CC1. The Hall–Kier alpha value is -3.74. The van der Waals surface area contributed by atoms with Gasteiger partial charge in [-0.25, -0.2) is 9.37 Å². The van der Waals surface area contributed by atoms with E-state index in [2.05, 4.69) is 52.4 Å². The number of aliphatic hydroxyl groups excluding tert-OH is 1. The highest BCUT2D eigenvalue weighted by atomic mass is 19.1. The van der Waals surface area contributed by atoms with E-state index in [9.17, 15) is 4.39 Å². The summed E-state index contributed by atoms with van der Waals surface area (Å²) in [6.45, 7) is 7.17. The fraction of sp³-hybridized carbons (Fsp3) is 0.423. The molecule has 0 saturated carbocycles. The monoisotopic (exact) mass is 521 g/mol. The lowest BCUT2D eigenvalue weighted by atomic mass is 10.2. The molecule has 3 aromatic rings. The Labute approximate surface area is 221 Å². The number of pyridine rings is 1. The number of halogens is 1. The first-order chi connectivity index (χ1) is 18.7. The minimum Gasteiger partial charge on any atom is -0.395 e. The number of hydrogen-bond donors (Lipinski definition) is 2. The maximum Gasteiger partial charge on any atom is 0.270 e. The number of morpholine rings is 1. The van der Waals surface area contributed by atoms with Crippen molar-refractivity contribution in [3.8, 4) is 0 Å². The summed E-state index contributed by atoms with van der Waals surface area (Å²) in [4.78, 5) is 19.1. The molecule has 2 aliphatic heterocycles. The average Bonchev–Trinajstić information content (AvgIpc) is 2.96. The molecule has 0 spiro atoms. The number of nitrogens with zero attached hydrogens (tertiary/aromatic N) is 8. The molecule has 2 fully saturated rings. The van der Waals surface area contributed by atoms with Gasteiger partial charge in [-0.3, -0.25) is 9.88 Å². The van der Waals surface area contributed by atoms with Crippen molar-refractivity contribution < 1.29 is 14.2 Å². The maximum absolute atomic E-state index is 14.2. The fourth-order valence-electron chi connectivity index (χ4n) is 4.48. The summed E-state index contributed by atoms with van der Waals surface area (Å²) in [5.41, 5.74) is 3.76. The van der Waals surface area contributed by atoms with Gasteiger partial charge in [0.25, 0.3) is 5.95 Å². The van der Waals surface area contributed by atoms with Gasteiger partial charge < -0.3 is 25.0 Å². The van der Waals surface area contributed by atoms with Crippen LogP contribution in [-0.2, 0) is 11.3 Å². The van der Waals surface area contributed by atoms with Gasteiger partial charge in [0.05, 0.1) is 43.6 Å². The van der Waals surface area contributed by atoms with Gasteiger partial charge in [0, 0.05) is 57.2 Å². The summed E-state index contributed by atoms with van der Waals surface area (Å²) >= 11 is 0. The van der Waals surface area contributed by atoms with Gasteiger partial charge in [-0.1, -0.05) is 6.07 Å². The van der Waals surface area contributed by atoms with Crippen molar-refractivity contribution >= 4 is 28.8 Å². The van der Waals surface area contributed by atoms with Crippen LogP contribution in [0.5, 0.6) is 0 Å². The standard InChI is InChI=1S/C26H32FN9O2/c27-24-19-29-26(32-25(24)36-11-14-38-15-12-36)33-30-18-21-4-5-22(17-28-21)31-20-2-1-3-23(16-20)35-8-6-34(7-9-35)10-13-37/h1-5,16-17,19,31,37H,6-15,18H2. The van der Waals surface area contributed by atoms with Gasteiger partial charge in [-0.05, 0) is 30.3 Å². The summed E-state index contributed by atoms with van der Waals surface area (Å²) in [6.07, 6.45) is 2.88. The van der Waals surface area contributed by atoms with Crippen molar-refractivity contribution in [2.45, 2.75) is 6.54 Å². The predicted molar refractivity (Wildman–Crippen MR) is 143 cm³/mol. The molecule has 1 aromatic carbocycles. The van der Waals surface area contributed by atoms with Gasteiger partial charge in [0.15, 0.2) is 11.6 Å². The average molecular weight is 522 g/mol. The topological polar surface area (TPSA) is 115 Å². The van der Waals surface area contributed by atoms with Crippen LogP contribution in [0.2, 0.25) is 0 Å². The number of aliphatic hydroxyl groups is 1. The molecule has 5 rings (SSSR count). The van der Waals surface area contributed by atoms with Crippen LogP contribution in [0, 0.1) is 5.82 Å². The summed E-state index contributed by atoms with van der Waals surface area (Å²) in [7, 11) is 0. The van der Waals surface area contributed by atoms with Crippen LogP contribution in [0.1, 0.15) is 5.69 Å². The molecule has 4 heterocycles. The Kier molecular flexibility index (Phi) is 8.64. The van der Waals surface area contributed by atoms with Gasteiger partial charge in [-0.2, -0.15) is 10.1 Å². The van der Waals surface area contributed by atoms with Crippen molar-refractivity contribution in [2.75, 3.05) is 80.8 Å². The molecule has 0 atom stereocenters. The number of nitrogens with one attached hydrogen (secondary N) is 1. The van der Waals surface area contributed by atoms with Crippen molar-refractivity contribution in [1.29, 1.82) is 0 Å². The van der Waals surface area contributed by atoms with Crippen molar-refractivity contribution in [3.63, 3.8) is 0 Å². The van der Waals surface area contributed by atoms with E-state index in [0.29, 0.717) is 26.3 Å². The van der Waals surface area contributed by atoms with E-state index in [-0.39, 0.29) is 24.9 Å². The molecule has 0 bridgehead atoms. The molecule has 0 amide bonds.